The summed E-state index contributed by atoms with van der Waals surface area (Å²) >= 11 is 1.44. The van der Waals surface area contributed by atoms with Crippen molar-refractivity contribution in [3.63, 3.8) is 0 Å². The fourth-order valence-corrected chi connectivity index (χ4v) is 3.08. The van der Waals surface area contributed by atoms with Gasteiger partial charge in [-0.25, -0.2) is 9.37 Å². The quantitative estimate of drug-likeness (QED) is 0.654. The van der Waals surface area contributed by atoms with E-state index in [1.807, 2.05) is 31.2 Å². The number of hydrogen-bond donors (Lipinski definition) is 0. The summed E-state index contributed by atoms with van der Waals surface area (Å²) in [5, 5.41) is 0.788. The average Bonchev–Trinajstić information content (AvgIpc) is 2.93. The number of benzene rings is 2. The first kappa shape index (κ1) is 13.6. The highest BCUT2D eigenvalue weighted by Crippen LogP contribution is 2.34. The van der Waals surface area contributed by atoms with Crippen LogP contribution in [-0.4, -0.2) is 11.3 Å². The molecule has 0 unspecified atom stereocenters. The van der Waals surface area contributed by atoms with Gasteiger partial charge in [0.2, 0.25) is 0 Å². The second-order valence-electron chi connectivity index (χ2n) is 4.72. The zero-order valence-electron chi connectivity index (χ0n) is 11.3. The number of carbonyl (C=O) groups excluding carboxylic acids is 1. The lowest BCUT2D eigenvalue weighted by Gasteiger charge is -1.97. The number of aldehydes is 1. The van der Waals surface area contributed by atoms with Crippen molar-refractivity contribution in [3.05, 3.63) is 65.6 Å². The van der Waals surface area contributed by atoms with Crippen molar-refractivity contribution in [3.8, 4) is 21.0 Å². The topological polar surface area (TPSA) is 30.0 Å². The van der Waals surface area contributed by atoms with Gasteiger partial charge in [-0.05, 0) is 24.6 Å². The number of carbonyl (C=O) groups is 1. The molecule has 0 bridgehead atoms. The Balaban J connectivity index is 2.08. The largest absolute Gasteiger partial charge is 0.296 e. The SMILES string of the molecule is Cc1ccc(-c2nc(C=O)c(-c3ccc(F)cc3)s2)cc1. The Morgan fingerprint density at radius 1 is 1.00 bits per heavy atom. The summed E-state index contributed by atoms with van der Waals surface area (Å²) in [6.45, 7) is 2.02. The maximum atomic E-state index is 13.0. The summed E-state index contributed by atoms with van der Waals surface area (Å²) in [4.78, 5) is 16.4. The van der Waals surface area contributed by atoms with Crippen LogP contribution in [0.4, 0.5) is 4.39 Å². The number of aromatic nitrogens is 1. The van der Waals surface area contributed by atoms with Crippen LogP contribution in [0.15, 0.2) is 48.5 Å². The van der Waals surface area contributed by atoms with Crippen LogP contribution in [0.3, 0.4) is 0 Å². The van der Waals surface area contributed by atoms with Crippen LogP contribution in [0.2, 0.25) is 0 Å². The predicted octanol–water partition coefficient (Wildman–Crippen LogP) is 4.74. The third-order valence-electron chi connectivity index (χ3n) is 3.17. The minimum absolute atomic E-state index is 0.297. The number of halogens is 1. The van der Waals surface area contributed by atoms with E-state index >= 15 is 0 Å². The first-order valence-electron chi connectivity index (χ1n) is 6.46. The van der Waals surface area contributed by atoms with E-state index in [9.17, 15) is 9.18 Å². The molecule has 1 heterocycles. The third-order valence-corrected chi connectivity index (χ3v) is 4.34. The van der Waals surface area contributed by atoms with Crippen molar-refractivity contribution in [2.75, 3.05) is 0 Å². The van der Waals surface area contributed by atoms with E-state index in [2.05, 4.69) is 4.98 Å². The number of rotatable bonds is 3. The summed E-state index contributed by atoms with van der Waals surface area (Å²) < 4.78 is 13.0. The summed E-state index contributed by atoms with van der Waals surface area (Å²) in [7, 11) is 0. The fourth-order valence-electron chi connectivity index (χ4n) is 2.04. The van der Waals surface area contributed by atoms with Crippen molar-refractivity contribution in [2.24, 2.45) is 0 Å². The Bertz CT molecular complexity index is 776. The molecule has 0 radical (unpaired) electrons. The molecule has 21 heavy (non-hydrogen) atoms. The molecule has 0 aliphatic rings. The zero-order chi connectivity index (χ0) is 14.8. The van der Waals surface area contributed by atoms with Crippen LogP contribution >= 0.6 is 11.3 Å². The molecule has 0 fully saturated rings. The Morgan fingerprint density at radius 3 is 2.24 bits per heavy atom. The molecule has 0 aliphatic carbocycles. The Kier molecular flexibility index (Phi) is 3.62. The fraction of sp³-hybridized carbons (Fsp3) is 0.0588. The van der Waals surface area contributed by atoms with Gasteiger partial charge in [0, 0.05) is 5.56 Å². The van der Waals surface area contributed by atoms with Crippen molar-refractivity contribution < 1.29 is 9.18 Å². The number of nitrogens with zero attached hydrogens (tertiary/aromatic N) is 1. The monoisotopic (exact) mass is 297 g/mol. The van der Waals surface area contributed by atoms with Crippen molar-refractivity contribution in [2.45, 2.75) is 6.92 Å². The molecular formula is C17H12FNOS. The van der Waals surface area contributed by atoms with Crippen molar-refractivity contribution in [1.82, 2.24) is 4.98 Å². The van der Waals surface area contributed by atoms with Crippen LogP contribution < -0.4 is 0 Å². The predicted molar refractivity (Wildman–Crippen MR) is 83.1 cm³/mol. The Morgan fingerprint density at radius 2 is 1.62 bits per heavy atom. The highest BCUT2D eigenvalue weighted by molar-refractivity contribution is 7.18. The summed E-state index contributed by atoms with van der Waals surface area (Å²) in [5.41, 5.74) is 3.34. The van der Waals surface area contributed by atoms with Crippen molar-refractivity contribution in [1.29, 1.82) is 0 Å². The van der Waals surface area contributed by atoms with Gasteiger partial charge in [0.05, 0.1) is 4.88 Å². The Labute approximate surface area is 125 Å². The smallest absolute Gasteiger partial charge is 0.169 e. The molecule has 3 aromatic rings. The molecule has 0 aliphatic heterocycles. The van der Waals surface area contributed by atoms with Crippen LogP contribution in [0.1, 0.15) is 16.1 Å². The van der Waals surface area contributed by atoms with E-state index in [1.54, 1.807) is 12.1 Å². The molecule has 3 rings (SSSR count). The van der Waals surface area contributed by atoms with E-state index in [0.717, 1.165) is 27.3 Å². The standard InChI is InChI=1S/C17H12FNOS/c1-11-2-4-13(5-3-11)17-19-15(10-20)16(21-17)12-6-8-14(18)9-7-12/h2-10H,1H3. The van der Waals surface area contributed by atoms with Crippen LogP contribution in [0, 0.1) is 12.7 Å². The minimum atomic E-state index is -0.297. The molecule has 0 saturated heterocycles. The normalized spacial score (nSPS) is 10.6. The van der Waals surface area contributed by atoms with E-state index in [0.29, 0.717) is 5.69 Å². The molecule has 2 nitrogen and oxygen atoms in total. The molecule has 0 amide bonds. The second-order valence-corrected chi connectivity index (χ2v) is 5.72. The van der Waals surface area contributed by atoms with Gasteiger partial charge >= 0.3 is 0 Å². The molecule has 0 N–H and O–H groups in total. The number of hydrogen-bond acceptors (Lipinski definition) is 3. The van der Waals surface area contributed by atoms with Gasteiger partial charge in [-0.2, -0.15) is 0 Å². The Hall–Kier alpha value is -2.33. The molecular weight excluding hydrogens is 285 g/mol. The molecule has 2 aromatic carbocycles. The molecule has 4 heteroatoms. The van der Waals surface area contributed by atoms with Crippen LogP contribution in [-0.2, 0) is 0 Å². The lowest BCUT2D eigenvalue weighted by atomic mass is 10.1. The van der Waals surface area contributed by atoms with E-state index in [4.69, 9.17) is 0 Å². The zero-order valence-corrected chi connectivity index (χ0v) is 12.2. The maximum Gasteiger partial charge on any atom is 0.169 e. The van der Waals surface area contributed by atoms with Gasteiger partial charge in [0.1, 0.15) is 16.5 Å². The van der Waals surface area contributed by atoms with Crippen LogP contribution in [0.25, 0.3) is 21.0 Å². The minimum Gasteiger partial charge on any atom is -0.296 e. The van der Waals surface area contributed by atoms with Gasteiger partial charge in [-0.3, -0.25) is 4.79 Å². The molecule has 1 aromatic heterocycles. The maximum absolute atomic E-state index is 13.0. The first-order chi connectivity index (χ1) is 10.2. The summed E-state index contributed by atoms with van der Waals surface area (Å²) in [6.07, 6.45) is 0.743. The molecule has 0 saturated carbocycles. The van der Waals surface area contributed by atoms with E-state index in [1.165, 1.54) is 29.0 Å². The highest BCUT2D eigenvalue weighted by Gasteiger charge is 2.13. The van der Waals surface area contributed by atoms with Gasteiger partial charge in [-0.1, -0.05) is 42.0 Å². The summed E-state index contributed by atoms with van der Waals surface area (Å²) in [5.74, 6) is -0.297. The number of thiazole rings is 1. The molecule has 0 spiro atoms. The van der Waals surface area contributed by atoms with Gasteiger partial charge < -0.3 is 0 Å². The second kappa shape index (κ2) is 5.58. The number of aryl methyl sites for hydroxylation is 1. The summed E-state index contributed by atoms with van der Waals surface area (Å²) in [6, 6.07) is 14.1. The van der Waals surface area contributed by atoms with Gasteiger partial charge in [-0.15, -0.1) is 11.3 Å². The third kappa shape index (κ3) is 2.76. The van der Waals surface area contributed by atoms with Gasteiger partial charge in [0.15, 0.2) is 6.29 Å². The van der Waals surface area contributed by atoms with Crippen molar-refractivity contribution >= 4 is 17.6 Å². The lowest BCUT2D eigenvalue weighted by Crippen LogP contribution is -1.84. The average molecular weight is 297 g/mol. The first-order valence-corrected chi connectivity index (χ1v) is 7.28. The molecule has 0 atom stereocenters. The lowest BCUT2D eigenvalue weighted by molar-refractivity contribution is 0.112. The highest BCUT2D eigenvalue weighted by atomic mass is 32.1. The van der Waals surface area contributed by atoms with Crippen LogP contribution in [0.5, 0.6) is 0 Å². The van der Waals surface area contributed by atoms with E-state index in [-0.39, 0.29) is 5.82 Å². The van der Waals surface area contributed by atoms with Gasteiger partial charge in [0.25, 0.3) is 0 Å². The molecule has 104 valence electrons. The van der Waals surface area contributed by atoms with E-state index < -0.39 is 0 Å².